The zero-order chi connectivity index (χ0) is 15.3. The highest BCUT2D eigenvalue weighted by Crippen LogP contribution is 2.56. The van der Waals surface area contributed by atoms with Crippen LogP contribution in [-0.4, -0.2) is 39.7 Å². The van der Waals surface area contributed by atoms with Crippen LogP contribution in [0.2, 0.25) is 0 Å². The summed E-state index contributed by atoms with van der Waals surface area (Å²) in [7, 11) is 0. The van der Waals surface area contributed by atoms with Crippen LogP contribution in [0.15, 0.2) is 0 Å². The van der Waals surface area contributed by atoms with Crippen LogP contribution in [0.1, 0.15) is 32.1 Å². The number of carboxylic acid groups (broad SMARTS) is 1. The third kappa shape index (κ3) is 2.02. The van der Waals surface area contributed by atoms with Crippen molar-refractivity contribution in [2.75, 3.05) is 0 Å². The average Bonchev–Trinajstić information content (AvgIpc) is 3.06. The number of imide groups is 1. The van der Waals surface area contributed by atoms with Gasteiger partial charge in [0.25, 0.3) is 0 Å². The predicted octanol–water partition coefficient (Wildman–Crippen LogP) is -0.264. The number of carboxylic acids is 1. The molecule has 3 aliphatic rings. The van der Waals surface area contributed by atoms with E-state index >= 15 is 0 Å². The zero-order valence-electron chi connectivity index (χ0n) is 11.5. The molecule has 3 N–H and O–H groups in total. The van der Waals surface area contributed by atoms with Crippen LogP contribution in [0.5, 0.6) is 0 Å². The van der Waals surface area contributed by atoms with Gasteiger partial charge in [-0.2, -0.15) is 0 Å². The Labute approximate surface area is 121 Å². The van der Waals surface area contributed by atoms with Crippen molar-refractivity contribution in [1.82, 2.24) is 4.90 Å². The number of aliphatic carboxylic acids is 1. The Bertz CT molecular complexity index is 503. The van der Waals surface area contributed by atoms with Crippen molar-refractivity contribution in [2.45, 2.75) is 38.1 Å². The lowest BCUT2D eigenvalue weighted by Crippen LogP contribution is -2.46. The van der Waals surface area contributed by atoms with Gasteiger partial charge in [-0.25, -0.2) is 4.79 Å². The molecule has 3 amide bonds. The molecule has 0 aromatic carbocycles. The van der Waals surface area contributed by atoms with E-state index in [1.807, 2.05) is 0 Å². The van der Waals surface area contributed by atoms with E-state index in [0.717, 1.165) is 24.2 Å². The van der Waals surface area contributed by atoms with Gasteiger partial charge in [0.2, 0.25) is 17.7 Å². The highest BCUT2D eigenvalue weighted by Gasteiger charge is 2.62. The quantitative estimate of drug-likeness (QED) is 0.677. The largest absolute Gasteiger partial charge is 0.480 e. The number of fused-ring (bicyclic) bond motifs is 5. The molecule has 0 radical (unpaired) electrons. The summed E-state index contributed by atoms with van der Waals surface area (Å²) in [5, 5.41) is 9.29. The van der Waals surface area contributed by atoms with Gasteiger partial charge in [-0.1, -0.05) is 0 Å². The molecule has 0 aromatic heterocycles. The SMILES string of the molecule is NC(=O)CC[C@@H](C(=O)O)N1C(=O)[C@@H]2[C@@H]3CC[C@@H](C3)[C@H]2C1=O. The van der Waals surface area contributed by atoms with Crippen LogP contribution in [0.4, 0.5) is 0 Å². The van der Waals surface area contributed by atoms with Crippen molar-refractivity contribution in [1.29, 1.82) is 0 Å². The fourth-order valence-corrected chi connectivity index (χ4v) is 4.38. The molecule has 3 rings (SSSR count). The lowest BCUT2D eigenvalue weighted by Gasteiger charge is -2.24. The number of likely N-dealkylation sites (tertiary alicyclic amines) is 1. The Morgan fingerprint density at radius 3 is 2.14 bits per heavy atom. The fourth-order valence-electron chi connectivity index (χ4n) is 4.38. The summed E-state index contributed by atoms with van der Waals surface area (Å²) < 4.78 is 0. The van der Waals surface area contributed by atoms with Crippen molar-refractivity contribution in [3.8, 4) is 0 Å². The number of hydrogen-bond donors (Lipinski definition) is 2. The van der Waals surface area contributed by atoms with E-state index in [9.17, 15) is 24.3 Å². The molecule has 1 heterocycles. The first-order valence-corrected chi connectivity index (χ1v) is 7.30. The standard InChI is InChI=1S/C14H18N2O5/c15-9(17)4-3-8(14(20)21)16-12(18)10-6-1-2-7(5-6)11(10)13(16)19/h6-8,10-11H,1-5H2,(H2,15,17)(H,20,21)/t6-,7+,8-,10+,11+/m0/s1. The lowest BCUT2D eigenvalue weighted by molar-refractivity contribution is -0.156. The van der Waals surface area contributed by atoms with Gasteiger partial charge in [0.1, 0.15) is 6.04 Å². The lowest BCUT2D eigenvalue weighted by atomic mass is 9.81. The van der Waals surface area contributed by atoms with Gasteiger partial charge in [0.15, 0.2) is 0 Å². The number of carbonyl (C=O) groups is 4. The molecule has 0 unspecified atom stereocenters. The summed E-state index contributed by atoms with van der Waals surface area (Å²) in [5.74, 6) is -2.88. The van der Waals surface area contributed by atoms with Crippen molar-refractivity contribution in [2.24, 2.45) is 29.4 Å². The first-order chi connectivity index (χ1) is 9.91. The van der Waals surface area contributed by atoms with Crippen LogP contribution in [0, 0.1) is 23.7 Å². The number of hydrogen-bond acceptors (Lipinski definition) is 4. The van der Waals surface area contributed by atoms with Crippen LogP contribution in [0.25, 0.3) is 0 Å². The topological polar surface area (TPSA) is 118 Å². The van der Waals surface area contributed by atoms with Gasteiger partial charge < -0.3 is 10.8 Å². The number of rotatable bonds is 5. The average molecular weight is 294 g/mol. The molecule has 7 nitrogen and oxygen atoms in total. The molecule has 3 fully saturated rings. The van der Waals surface area contributed by atoms with Gasteiger partial charge in [-0.3, -0.25) is 19.3 Å². The Kier molecular flexibility index (Phi) is 3.22. The van der Waals surface area contributed by atoms with E-state index in [1.54, 1.807) is 0 Å². The summed E-state index contributed by atoms with van der Waals surface area (Å²) in [6.45, 7) is 0. The molecule has 5 atom stereocenters. The van der Waals surface area contributed by atoms with Crippen molar-refractivity contribution in [3.05, 3.63) is 0 Å². The predicted molar refractivity (Wildman–Crippen MR) is 69.5 cm³/mol. The highest BCUT2D eigenvalue weighted by molar-refractivity contribution is 6.08. The van der Waals surface area contributed by atoms with E-state index in [-0.39, 0.29) is 48.3 Å². The molecule has 7 heteroatoms. The van der Waals surface area contributed by atoms with Gasteiger partial charge in [-0.15, -0.1) is 0 Å². The van der Waals surface area contributed by atoms with E-state index in [2.05, 4.69) is 0 Å². The van der Waals surface area contributed by atoms with Crippen LogP contribution in [0.3, 0.4) is 0 Å². The van der Waals surface area contributed by atoms with Gasteiger partial charge in [-0.05, 0) is 37.5 Å². The van der Waals surface area contributed by atoms with E-state index in [1.165, 1.54) is 0 Å². The molecule has 114 valence electrons. The normalized spacial score (nSPS) is 35.1. The molecular weight excluding hydrogens is 276 g/mol. The minimum Gasteiger partial charge on any atom is -0.480 e. The van der Waals surface area contributed by atoms with Crippen molar-refractivity contribution < 1.29 is 24.3 Å². The molecule has 21 heavy (non-hydrogen) atoms. The number of nitrogens with zero attached hydrogens (tertiary/aromatic N) is 1. The Balaban J connectivity index is 1.84. The second kappa shape index (κ2) is 4.82. The third-order valence-corrected chi connectivity index (χ3v) is 5.22. The van der Waals surface area contributed by atoms with Crippen LogP contribution < -0.4 is 5.73 Å². The van der Waals surface area contributed by atoms with Crippen molar-refractivity contribution >= 4 is 23.7 Å². The van der Waals surface area contributed by atoms with Gasteiger partial charge >= 0.3 is 5.97 Å². The Hall–Kier alpha value is -1.92. The minimum absolute atomic E-state index is 0.114. The number of amides is 3. The summed E-state index contributed by atoms with van der Waals surface area (Å²) in [6, 6.07) is -1.28. The van der Waals surface area contributed by atoms with Gasteiger partial charge in [0, 0.05) is 6.42 Å². The second-order valence-electron chi connectivity index (χ2n) is 6.29. The number of carbonyl (C=O) groups excluding carboxylic acids is 3. The molecular formula is C14H18N2O5. The molecule has 1 aliphatic heterocycles. The van der Waals surface area contributed by atoms with Gasteiger partial charge in [0.05, 0.1) is 11.8 Å². The maximum atomic E-state index is 12.5. The van der Waals surface area contributed by atoms with E-state index in [4.69, 9.17) is 5.73 Å². The summed E-state index contributed by atoms with van der Waals surface area (Å²) >= 11 is 0. The molecule has 0 aromatic rings. The molecule has 1 saturated heterocycles. The third-order valence-electron chi connectivity index (χ3n) is 5.22. The summed E-state index contributed by atoms with van der Waals surface area (Å²) in [6.07, 6.45) is 2.52. The monoisotopic (exact) mass is 294 g/mol. The Morgan fingerprint density at radius 1 is 1.19 bits per heavy atom. The minimum atomic E-state index is -1.28. The Morgan fingerprint density at radius 2 is 1.71 bits per heavy atom. The molecule has 0 spiro atoms. The second-order valence-corrected chi connectivity index (χ2v) is 6.29. The summed E-state index contributed by atoms with van der Waals surface area (Å²) in [4.78, 5) is 48.1. The molecule has 2 bridgehead atoms. The van der Waals surface area contributed by atoms with E-state index in [0.29, 0.717) is 0 Å². The van der Waals surface area contributed by atoms with Crippen LogP contribution >= 0.6 is 0 Å². The smallest absolute Gasteiger partial charge is 0.326 e. The first-order valence-electron chi connectivity index (χ1n) is 7.30. The first kappa shape index (κ1) is 14.0. The molecule has 2 saturated carbocycles. The van der Waals surface area contributed by atoms with Crippen LogP contribution in [-0.2, 0) is 19.2 Å². The maximum Gasteiger partial charge on any atom is 0.326 e. The maximum absolute atomic E-state index is 12.5. The zero-order valence-corrected chi connectivity index (χ0v) is 11.5. The van der Waals surface area contributed by atoms with E-state index < -0.39 is 17.9 Å². The number of primary amides is 1. The fraction of sp³-hybridized carbons (Fsp3) is 0.714. The highest BCUT2D eigenvalue weighted by atomic mass is 16.4. The summed E-state index contributed by atoms with van der Waals surface area (Å²) in [5.41, 5.74) is 5.03. The molecule has 2 aliphatic carbocycles. The van der Waals surface area contributed by atoms with Crippen molar-refractivity contribution in [3.63, 3.8) is 0 Å². The number of nitrogens with two attached hydrogens (primary N) is 1.